The van der Waals surface area contributed by atoms with Gasteiger partial charge in [-0.3, -0.25) is 14.4 Å². The first-order valence-corrected chi connectivity index (χ1v) is 12.6. The summed E-state index contributed by atoms with van der Waals surface area (Å²) in [5.41, 5.74) is 2.34. The van der Waals surface area contributed by atoms with Crippen molar-refractivity contribution in [1.29, 1.82) is 0 Å². The third-order valence-corrected chi connectivity index (χ3v) is 6.57. The molecule has 4 rings (SSSR count). The summed E-state index contributed by atoms with van der Waals surface area (Å²) < 4.78 is 18.5. The van der Waals surface area contributed by atoms with E-state index in [-0.39, 0.29) is 31.2 Å². The number of amides is 3. The minimum atomic E-state index is -0.878. The van der Waals surface area contributed by atoms with Gasteiger partial charge in [0.2, 0.25) is 11.8 Å². The van der Waals surface area contributed by atoms with Crippen molar-refractivity contribution in [3.05, 3.63) is 83.3 Å². The molecule has 9 nitrogen and oxygen atoms in total. The lowest BCUT2D eigenvalue weighted by Crippen LogP contribution is -2.49. The van der Waals surface area contributed by atoms with E-state index in [1.54, 1.807) is 13.2 Å². The van der Waals surface area contributed by atoms with E-state index in [1.165, 1.54) is 29.2 Å². The first kappa shape index (κ1) is 27.9. The van der Waals surface area contributed by atoms with Gasteiger partial charge in [-0.2, -0.15) is 0 Å². The third kappa shape index (κ3) is 6.84. The minimum absolute atomic E-state index is 0.0166. The molecule has 2 heterocycles. The summed E-state index contributed by atoms with van der Waals surface area (Å²) >= 11 is 0. The molecule has 0 saturated carbocycles. The fourth-order valence-electron chi connectivity index (χ4n) is 4.62. The smallest absolute Gasteiger partial charge is 0.270 e. The van der Waals surface area contributed by atoms with E-state index in [4.69, 9.17) is 4.74 Å². The number of likely N-dealkylation sites (tertiary alicyclic amines) is 1. The van der Waals surface area contributed by atoms with E-state index in [9.17, 15) is 23.9 Å². The number of methoxy groups -OCH3 is 1. The van der Waals surface area contributed by atoms with Gasteiger partial charge in [0, 0.05) is 25.5 Å². The van der Waals surface area contributed by atoms with Crippen LogP contribution in [0.15, 0.2) is 60.7 Å². The quantitative estimate of drug-likeness (QED) is 0.388. The zero-order chi connectivity index (χ0) is 27.9. The highest BCUT2D eigenvalue weighted by Gasteiger charge is 2.39. The summed E-state index contributed by atoms with van der Waals surface area (Å²) in [7, 11) is 1.61. The number of halogens is 1. The Labute approximate surface area is 225 Å². The molecule has 39 heavy (non-hydrogen) atoms. The van der Waals surface area contributed by atoms with Crippen molar-refractivity contribution < 1.29 is 28.6 Å². The topological polar surface area (TPSA) is 121 Å². The van der Waals surface area contributed by atoms with Crippen molar-refractivity contribution in [3.8, 4) is 0 Å². The molecule has 1 saturated heterocycles. The zero-order valence-electron chi connectivity index (χ0n) is 21.8. The third-order valence-electron chi connectivity index (χ3n) is 6.57. The van der Waals surface area contributed by atoms with Gasteiger partial charge >= 0.3 is 0 Å². The second-order valence-electron chi connectivity index (χ2n) is 9.38. The van der Waals surface area contributed by atoms with Crippen LogP contribution in [0.3, 0.4) is 0 Å². The van der Waals surface area contributed by atoms with Gasteiger partial charge in [0.05, 0.1) is 30.8 Å². The number of carbonyl (C=O) groups excluding carboxylic acids is 3. The Morgan fingerprint density at radius 3 is 2.79 bits per heavy atom. The van der Waals surface area contributed by atoms with Crippen LogP contribution in [-0.2, 0) is 14.3 Å². The molecule has 0 spiro atoms. The molecule has 3 atom stereocenters. The van der Waals surface area contributed by atoms with Crippen molar-refractivity contribution in [2.45, 2.75) is 31.5 Å². The van der Waals surface area contributed by atoms with E-state index >= 15 is 0 Å². The molecule has 1 aliphatic rings. The molecule has 0 radical (unpaired) electrons. The van der Waals surface area contributed by atoms with Crippen LogP contribution >= 0.6 is 0 Å². The van der Waals surface area contributed by atoms with Crippen molar-refractivity contribution in [2.24, 2.45) is 0 Å². The minimum Gasteiger partial charge on any atom is -0.391 e. The number of carbonyl (C=O) groups is 3. The summed E-state index contributed by atoms with van der Waals surface area (Å²) in [5, 5.41) is 16.3. The number of pyridine rings is 1. The van der Waals surface area contributed by atoms with Crippen LogP contribution in [0, 0.1) is 5.82 Å². The number of hydrogen-bond donors (Lipinski definition) is 3. The van der Waals surface area contributed by atoms with Crippen molar-refractivity contribution >= 4 is 34.7 Å². The molecular weight excluding hydrogens is 503 g/mol. The van der Waals surface area contributed by atoms with Gasteiger partial charge in [0.1, 0.15) is 17.6 Å². The monoisotopic (exact) mass is 534 g/mol. The van der Waals surface area contributed by atoms with Crippen LogP contribution in [0.25, 0.3) is 17.0 Å². The molecule has 10 heteroatoms. The number of hydrogen-bond acceptors (Lipinski definition) is 6. The number of aliphatic hydroxyl groups is 1. The number of β-amino-alcohol motifs (C(OH)–C–C–N with tert-alkyl or cyclic N) is 1. The van der Waals surface area contributed by atoms with Gasteiger partial charge in [-0.15, -0.1) is 0 Å². The Kier molecular flexibility index (Phi) is 9.00. The van der Waals surface area contributed by atoms with Crippen molar-refractivity contribution in [3.63, 3.8) is 0 Å². The Bertz CT molecular complexity index is 1400. The van der Waals surface area contributed by atoms with E-state index in [0.29, 0.717) is 17.5 Å². The van der Waals surface area contributed by atoms with Crippen LogP contribution in [0.5, 0.6) is 0 Å². The van der Waals surface area contributed by atoms with Gasteiger partial charge in [-0.25, -0.2) is 9.37 Å². The van der Waals surface area contributed by atoms with Crippen molar-refractivity contribution in [2.75, 3.05) is 26.8 Å². The van der Waals surface area contributed by atoms with E-state index in [2.05, 4.69) is 15.6 Å². The molecule has 3 aromatic rings. The van der Waals surface area contributed by atoms with E-state index in [0.717, 1.165) is 11.1 Å². The number of aliphatic hydroxyl groups excluding tert-OH is 1. The molecule has 2 aromatic carbocycles. The molecule has 3 N–H and O–H groups in total. The average Bonchev–Trinajstić information content (AvgIpc) is 3.33. The zero-order valence-corrected chi connectivity index (χ0v) is 21.8. The largest absolute Gasteiger partial charge is 0.391 e. The first-order chi connectivity index (χ1) is 18.8. The average molecular weight is 535 g/mol. The molecule has 1 aliphatic heterocycles. The standard InChI is InChI=1S/C29H31FN4O5/c1-18(23-8-4-3-6-19(23)7-5-13-39-2)32-29(38)26-15-22(35)17-34(26)27(36)16-31-28(37)25-11-9-20-14-21(30)10-12-24(20)33-25/h3-12,14,18,22,26,35H,13,15-17H2,1-2H3,(H,31,37)(H,32,38)/b7-5+/t18-,22+,26-/m0/s1. The molecule has 3 amide bonds. The predicted octanol–water partition coefficient (Wildman–Crippen LogP) is 2.60. The van der Waals surface area contributed by atoms with E-state index < -0.39 is 35.7 Å². The number of aromatic nitrogens is 1. The summed E-state index contributed by atoms with van der Waals surface area (Å²) in [6.07, 6.45) is 3.03. The molecule has 1 fully saturated rings. The van der Waals surface area contributed by atoms with Gasteiger partial charge in [0.15, 0.2) is 0 Å². The second-order valence-corrected chi connectivity index (χ2v) is 9.38. The summed E-state index contributed by atoms with van der Waals surface area (Å²) in [5.74, 6) is -1.88. The number of rotatable bonds is 9. The van der Waals surface area contributed by atoms with Crippen LogP contribution < -0.4 is 10.6 Å². The Balaban J connectivity index is 1.38. The van der Waals surface area contributed by atoms with Gasteiger partial charge in [-0.1, -0.05) is 42.5 Å². The number of fused-ring (bicyclic) bond motifs is 1. The number of nitrogens with zero attached hydrogens (tertiary/aromatic N) is 2. The van der Waals surface area contributed by atoms with Crippen molar-refractivity contribution in [1.82, 2.24) is 20.5 Å². The first-order valence-electron chi connectivity index (χ1n) is 12.6. The summed E-state index contributed by atoms with van der Waals surface area (Å²) in [6.45, 7) is 1.92. The highest BCUT2D eigenvalue weighted by Crippen LogP contribution is 2.23. The normalized spacial score (nSPS) is 17.9. The molecule has 204 valence electrons. The molecule has 1 aromatic heterocycles. The van der Waals surface area contributed by atoms with Gasteiger partial charge in [0.25, 0.3) is 5.91 Å². The SMILES string of the molecule is COC/C=C/c1ccccc1[C@H](C)NC(=O)[C@@H]1C[C@@H](O)CN1C(=O)CNC(=O)c1ccc2cc(F)ccc2n1. The van der Waals surface area contributed by atoms with Crippen LogP contribution in [0.2, 0.25) is 0 Å². The van der Waals surface area contributed by atoms with Gasteiger partial charge < -0.3 is 25.4 Å². The molecule has 0 aliphatic carbocycles. The van der Waals surface area contributed by atoms with E-state index in [1.807, 2.05) is 43.3 Å². The Hall–Kier alpha value is -4.15. The maximum absolute atomic E-state index is 13.4. The van der Waals surface area contributed by atoms with Crippen LogP contribution in [0.1, 0.15) is 41.0 Å². The molecule has 0 bridgehead atoms. The van der Waals surface area contributed by atoms with Crippen LogP contribution in [-0.4, -0.2) is 71.7 Å². The lowest BCUT2D eigenvalue weighted by molar-refractivity contribution is -0.138. The lowest BCUT2D eigenvalue weighted by Gasteiger charge is -2.26. The highest BCUT2D eigenvalue weighted by atomic mass is 19.1. The number of ether oxygens (including phenoxy) is 1. The fraction of sp³-hybridized carbons (Fsp3) is 0.310. The fourth-order valence-corrected chi connectivity index (χ4v) is 4.62. The Morgan fingerprint density at radius 1 is 1.21 bits per heavy atom. The van der Waals surface area contributed by atoms with Gasteiger partial charge in [-0.05, 0) is 42.3 Å². The second kappa shape index (κ2) is 12.6. The summed E-state index contributed by atoms with van der Waals surface area (Å²) in [6, 6.07) is 13.5. The maximum atomic E-state index is 13.4. The summed E-state index contributed by atoms with van der Waals surface area (Å²) in [4.78, 5) is 44.3. The predicted molar refractivity (Wildman–Crippen MR) is 144 cm³/mol. The van der Waals surface area contributed by atoms with Crippen LogP contribution in [0.4, 0.5) is 4.39 Å². The molecular formula is C29H31FN4O5. The number of benzene rings is 2. The maximum Gasteiger partial charge on any atom is 0.270 e. The molecule has 0 unspecified atom stereocenters. The Morgan fingerprint density at radius 2 is 2.00 bits per heavy atom. The number of nitrogens with one attached hydrogen (secondary N) is 2. The highest BCUT2D eigenvalue weighted by molar-refractivity contribution is 5.97. The lowest BCUT2D eigenvalue weighted by atomic mass is 10.0.